The summed E-state index contributed by atoms with van der Waals surface area (Å²) in [7, 11) is 0. The van der Waals surface area contributed by atoms with Crippen LogP contribution in [-0.4, -0.2) is 66.7 Å². The highest BCUT2D eigenvalue weighted by Gasteiger charge is 2.47. The average Bonchev–Trinajstić information content (AvgIpc) is 2.64. The molecule has 0 saturated carbocycles. The molecule has 0 spiro atoms. The first-order valence-corrected chi connectivity index (χ1v) is 11.2. The number of carbonyl (C=O) groups is 4. The van der Waals surface area contributed by atoms with Gasteiger partial charge in [0, 0.05) is 57.5 Å². The number of ether oxygens (including phenoxy) is 2. The van der Waals surface area contributed by atoms with Crippen molar-refractivity contribution in [2.45, 2.75) is 65.8 Å². The molecule has 9 nitrogen and oxygen atoms in total. The van der Waals surface area contributed by atoms with Gasteiger partial charge in [-0.15, -0.1) is 0 Å². The van der Waals surface area contributed by atoms with E-state index in [1.807, 2.05) is 13.8 Å². The Labute approximate surface area is 182 Å². The highest BCUT2D eigenvalue weighted by molar-refractivity contribution is 8.13. The van der Waals surface area contributed by atoms with Crippen LogP contribution in [0.5, 0.6) is 0 Å². The van der Waals surface area contributed by atoms with Gasteiger partial charge in [-0.3, -0.25) is 19.2 Å². The second-order valence-corrected chi connectivity index (χ2v) is 9.50. The molecular formula is C20H35N3O6S. The summed E-state index contributed by atoms with van der Waals surface area (Å²) in [5.41, 5.74) is -0.520. The van der Waals surface area contributed by atoms with Gasteiger partial charge in [-0.1, -0.05) is 25.6 Å². The highest BCUT2D eigenvalue weighted by atomic mass is 32.2. The molecule has 2 atom stereocenters. The van der Waals surface area contributed by atoms with Crippen molar-refractivity contribution >= 4 is 34.6 Å². The number of thioether (sulfide) groups is 1. The Kier molecular flexibility index (Phi) is 10.8. The summed E-state index contributed by atoms with van der Waals surface area (Å²) in [6.07, 6.45) is 0.626. The number of nitrogens with one attached hydrogen (secondary N) is 3. The Hall–Kier alpha value is -1.65. The lowest BCUT2D eigenvalue weighted by atomic mass is 9.85. The first-order chi connectivity index (χ1) is 13.9. The van der Waals surface area contributed by atoms with Crippen molar-refractivity contribution in [3.8, 4) is 0 Å². The molecule has 1 unspecified atom stereocenters. The van der Waals surface area contributed by atoms with Gasteiger partial charge in [-0.25, -0.2) is 0 Å². The zero-order valence-corrected chi connectivity index (χ0v) is 19.4. The maximum Gasteiger partial charge on any atom is 0.249 e. The molecule has 10 heteroatoms. The lowest BCUT2D eigenvalue weighted by Crippen LogP contribution is -2.57. The fourth-order valence-corrected chi connectivity index (χ4v) is 3.43. The Morgan fingerprint density at radius 3 is 2.33 bits per heavy atom. The topological polar surface area (TPSA) is 123 Å². The third-order valence-corrected chi connectivity index (χ3v) is 5.44. The van der Waals surface area contributed by atoms with Gasteiger partial charge in [-0.2, -0.15) is 0 Å². The number of amides is 3. The zero-order chi connectivity index (χ0) is 22.8. The average molecular weight is 446 g/mol. The number of rotatable bonds is 11. The van der Waals surface area contributed by atoms with Crippen LogP contribution in [0.3, 0.4) is 0 Å². The van der Waals surface area contributed by atoms with Gasteiger partial charge >= 0.3 is 0 Å². The molecule has 0 aliphatic carbocycles. The summed E-state index contributed by atoms with van der Waals surface area (Å²) in [6.45, 7) is 10.0. The van der Waals surface area contributed by atoms with E-state index < -0.39 is 17.3 Å². The minimum Gasteiger partial charge on any atom is -0.356 e. The molecular weight excluding hydrogens is 410 g/mol. The van der Waals surface area contributed by atoms with Gasteiger partial charge in [0.05, 0.1) is 6.61 Å². The fraction of sp³-hybridized carbons (Fsp3) is 0.800. The van der Waals surface area contributed by atoms with Gasteiger partial charge < -0.3 is 25.4 Å². The van der Waals surface area contributed by atoms with Crippen molar-refractivity contribution in [3.63, 3.8) is 0 Å². The summed E-state index contributed by atoms with van der Waals surface area (Å²) in [5.74, 6) is -0.948. The van der Waals surface area contributed by atoms with Crippen LogP contribution >= 0.6 is 11.8 Å². The van der Waals surface area contributed by atoms with Crippen molar-refractivity contribution in [2.24, 2.45) is 5.41 Å². The monoisotopic (exact) mass is 445 g/mol. The molecule has 0 aromatic heterocycles. The number of hydrogen-bond acceptors (Lipinski definition) is 7. The second-order valence-electron chi connectivity index (χ2n) is 8.23. The molecule has 1 saturated heterocycles. The molecule has 3 N–H and O–H groups in total. The van der Waals surface area contributed by atoms with E-state index in [1.165, 1.54) is 13.8 Å². The van der Waals surface area contributed by atoms with Crippen LogP contribution in [-0.2, 0) is 28.7 Å². The molecule has 0 aromatic rings. The zero-order valence-electron chi connectivity index (χ0n) is 18.6. The largest absolute Gasteiger partial charge is 0.356 e. The molecule has 1 rings (SSSR count). The van der Waals surface area contributed by atoms with Crippen LogP contribution in [0.4, 0.5) is 0 Å². The minimum absolute atomic E-state index is 0.0118. The number of carbonyl (C=O) groups excluding carboxylic acids is 4. The summed E-state index contributed by atoms with van der Waals surface area (Å²) in [6, 6.07) is 0. The first kappa shape index (κ1) is 26.4. The van der Waals surface area contributed by atoms with Gasteiger partial charge in [0.25, 0.3) is 0 Å². The maximum atomic E-state index is 12.7. The lowest BCUT2D eigenvalue weighted by Gasteiger charge is -2.46. The molecule has 0 bridgehead atoms. The van der Waals surface area contributed by atoms with E-state index in [0.29, 0.717) is 38.3 Å². The predicted molar refractivity (Wildman–Crippen MR) is 115 cm³/mol. The third-order valence-electron chi connectivity index (χ3n) is 4.63. The van der Waals surface area contributed by atoms with Crippen LogP contribution in [0, 0.1) is 5.41 Å². The van der Waals surface area contributed by atoms with Crippen molar-refractivity contribution in [1.29, 1.82) is 0 Å². The van der Waals surface area contributed by atoms with E-state index in [1.54, 1.807) is 6.92 Å². The summed E-state index contributed by atoms with van der Waals surface area (Å²) < 4.78 is 11.9. The van der Waals surface area contributed by atoms with E-state index in [9.17, 15) is 19.2 Å². The van der Waals surface area contributed by atoms with E-state index in [2.05, 4.69) is 16.0 Å². The summed E-state index contributed by atoms with van der Waals surface area (Å²) >= 11 is 1.16. The Bertz CT molecular complexity index is 628. The van der Waals surface area contributed by atoms with Crippen molar-refractivity contribution in [3.05, 3.63) is 0 Å². The smallest absolute Gasteiger partial charge is 0.249 e. The van der Waals surface area contributed by atoms with Crippen molar-refractivity contribution in [2.75, 3.05) is 32.0 Å². The molecule has 0 aromatic carbocycles. The van der Waals surface area contributed by atoms with E-state index in [4.69, 9.17) is 9.47 Å². The van der Waals surface area contributed by atoms with E-state index >= 15 is 0 Å². The van der Waals surface area contributed by atoms with Gasteiger partial charge in [0.15, 0.2) is 10.9 Å². The molecule has 1 fully saturated rings. The molecule has 30 heavy (non-hydrogen) atoms. The summed E-state index contributed by atoms with van der Waals surface area (Å²) in [5, 5.41) is 8.22. The molecule has 1 heterocycles. The minimum atomic E-state index is -0.915. The fourth-order valence-electron chi connectivity index (χ4n) is 2.94. The Morgan fingerprint density at radius 1 is 1.00 bits per heavy atom. The molecule has 172 valence electrons. The molecule has 1 aliphatic rings. The van der Waals surface area contributed by atoms with Crippen LogP contribution in [0.15, 0.2) is 0 Å². The van der Waals surface area contributed by atoms with Crippen molar-refractivity contribution in [1.82, 2.24) is 16.0 Å². The van der Waals surface area contributed by atoms with Crippen LogP contribution in [0.1, 0.15) is 53.9 Å². The Balaban J connectivity index is 2.44. The highest BCUT2D eigenvalue weighted by Crippen LogP contribution is 2.37. The lowest BCUT2D eigenvalue weighted by molar-refractivity contribution is -0.315. The maximum absolute atomic E-state index is 12.7. The van der Waals surface area contributed by atoms with Crippen LogP contribution < -0.4 is 16.0 Å². The van der Waals surface area contributed by atoms with Crippen LogP contribution in [0.2, 0.25) is 0 Å². The molecule has 1 aliphatic heterocycles. The van der Waals surface area contributed by atoms with Gasteiger partial charge in [0.1, 0.15) is 6.10 Å². The molecule has 3 amide bonds. The quantitative estimate of drug-likeness (QED) is 0.405. The number of hydrogen-bond donors (Lipinski definition) is 3. The van der Waals surface area contributed by atoms with Gasteiger partial charge in [-0.05, 0) is 13.3 Å². The van der Waals surface area contributed by atoms with E-state index in [-0.39, 0.29) is 35.8 Å². The SMILES string of the molecule is CC(=O)NCCCC1(C)OCC(C)(C)[C@H](C(=O)NCCC(=O)NCCSC(C)=O)O1. The second kappa shape index (κ2) is 12.3. The standard InChI is InChI=1S/C20H35N3O6S/c1-14(24)21-9-6-8-20(5)28-13-19(3,4)17(29-20)18(27)23-10-7-16(26)22-11-12-30-15(2)25/h17H,6-13H2,1-5H3,(H,21,24)(H,22,26)(H,23,27)/t17-,20?/m0/s1. The molecule has 0 radical (unpaired) electrons. The van der Waals surface area contributed by atoms with Gasteiger partial charge in [0.2, 0.25) is 17.7 Å². The first-order valence-electron chi connectivity index (χ1n) is 10.2. The van der Waals surface area contributed by atoms with Crippen molar-refractivity contribution < 1.29 is 28.7 Å². The van der Waals surface area contributed by atoms with Crippen LogP contribution in [0.25, 0.3) is 0 Å². The predicted octanol–water partition coefficient (Wildman–Crippen LogP) is 0.963. The normalized spacial score (nSPS) is 22.8. The summed E-state index contributed by atoms with van der Waals surface area (Å²) in [4.78, 5) is 46.4. The van der Waals surface area contributed by atoms with E-state index in [0.717, 1.165) is 11.8 Å². The Morgan fingerprint density at radius 2 is 1.70 bits per heavy atom. The third kappa shape index (κ3) is 9.90.